The van der Waals surface area contributed by atoms with E-state index in [9.17, 15) is 9.50 Å². The Kier molecular flexibility index (Phi) is 3.22. The summed E-state index contributed by atoms with van der Waals surface area (Å²) in [7, 11) is 0. The van der Waals surface area contributed by atoms with E-state index in [0.29, 0.717) is 17.7 Å². The third-order valence-corrected chi connectivity index (χ3v) is 3.81. The van der Waals surface area contributed by atoms with E-state index in [2.05, 4.69) is 6.07 Å². The molecule has 0 aromatic heterocycles. The maximum absolute atomic E-state index is 13.2. The highest BCUT2D eigenvalue weighted by Gasteiger charge is 2.29. The summed E-state index contributed by atoms with van der Waals surface area (Å²) in [6.45, 7) is 4.09. The molecule has 20 heavy (non-hydrogen) atoms. The number of halogens is 1. The molecule has 0 radical (unpaired) electrons. The number of fused-ring (bicyclic) bond motifs is 1. The second-order valence-electron chi connectivity index (χ2n) is 5.40. The Morgan fingerprint density at radius 3 is 2.65 bits per heavy atom. The number of aliphatic hydroxyl groups is 1. The molecular formula is C17H17FO2. The van der Waals surface area contributed by atoms with E-state index in [4.69, 9.17) is 4.74 Å². The Morgan fingerprint density at radius 2 is 1.90 bits per heavy atom. The summed E-state index contributed by atoms with van der Waals surface area (Å²) in [5, 5.41) is 10.2. The molecule has 0 aliphatic carbocycles. The molecule has 0 amide bonds. The van der Waals surface area contributed by atoms with Crippen molar-refractivity contribution < 1.29 is 14.2 Å². The van der Waals surface area contributed by atoms with E-state index in [1.54, 1.807) is 6.07 Å². The van der Waals surface area contributed by atoms with Crippen LogP contribution in [0, 0.1) is 19.7 Å². The number of hydrogen-bond donors (Lipinski definition) is 1. The highest BCUT2D eigenvalue weighted by Crippen LogP contribution is 2.41. The summed E-state index contributed by atoms with van der Waals surface area (Å²) >= 11 is 0. The van der Waals surface area contributed by atoms with Crippen molar-refractivity contribution in [2.75, 3.05) is 0 Å². The summed E-state index contributed by atoms with van der Waals surface area (Å²) in [5.41, 5.74) is 3.95. The van der Waals surface area contributed by atoms with Crippen LogP contribution >= 0.6 is 0 Å². The predicted molar refractivity (Wildman–Crippen MR) is 75.3 cm³/mol. The zero-order chi connectivity index (χ0) is 14.3. The fourth-order valence-electron chi connectivity index (χ4n) is 2.80. The van der Waals surface area contributed by atoms with Crippen molar-refractivity contribution in [3.8, 4) is 5.75 Å². The highest BCUT2D eigenvalue weighted by atomic mass is 19.1. The molecule has 1 heterocycles. The predicted octanol–water partition coefficient (Wildman–Crippen LogP) is 4.00. The minimum atomic E-state index is -0.694. The quantitative estimate of drug-likeness (QED) is 0.850. The van der Waals surface area contributed by atoms with E-state index in [1.165, 1.54) is 17.7 Å². The van der Waals surface area contributed by atoms with Crippen molar-refractivity contribution in [2.45, 2.75) is 32.5 Å². The Morgan fingerprint density at radius 1 is 1.10 bits per heavy atom. The maximum atomic E-state index is 13.2. The molecule has 2 aromatic carbocycles. The molecule has 0 saturated heterocycles. The third-order valence-electron chi connectivity index (χ3n) is 3.81. The number of aryl methyl sites for hydroxylation is 2. The van der Waals surface area contributed by atoms with Crippen molar-refractivity contribution in [2.24, 2.45) is 0 Å². The van der Waals surface area contributed by atoms with Crippen molar-refractivity contribution in [3.63, 3.8) is 0 Å². The van der Waals surface area contributed by atoms with Gasteiger partial charge in [-0.1, -0.05) is 23.8 Å². The van der Waals surface area contributed by atoms with Gasteiger partial charge in [0.25, 0.3) is 0 Å². The van der Waals surface area contributed by atoms with Crippen LogP contribution < -0.4 is 4.74 Å². The standard InChI is InChI=1S/C17H17FO2/c1-10-3-5-13(11(2)7-10)17-9-15(19)14-8-12(18)4-6-16(14)20-17/h3-8,15,17,19H,9H2,1-2H3. The zero-order valence-electron chi connectivity index (χ0n) is 11.6. The van der Waals surface area contributed by atoms with Crippen molar-refractivity contribution in [1.29, 1.82) is 0 Å². The molecule has 1 N–H and O–H groups in total. The van der Waals surface area contributed by atoms with Gasteiger partial charge in [0.2, 0.25) is 0 Å². The molecule has 2 aromatic rings. The Balaban J connectivity index is 1.97. The number of benzene rings is 2. The first-order chi connectivity index (χ1) is 9.54. The van der Waals surface area contributed by atoms with Gasteiger partial charge in [0.1, 0.15) is 17.7 Å². The van der Waals surface area contributed by atoms with Gasteiger partial charge in [-0.25, -0.2) is 4.39 Å². The van der Waals surface area contributed by atoms with Crippen LogP contribution in [0.3, 0.4) is 0 Å². The van der Waals surface area contributed by atoms with Crippen LogP contribution in [0.15, 0.2) is 36.4 Å². The smallest absolute Gasteiger partial charge is 0.127 e. The first-order valence-electron chi connectivity index (χ1n) is 6.76. The molecule has 2 unspecified atom stereocenters. The molecule has 3 rings (SSSR count). The average molecular weight is 272 g/mol. The molecule has 104 valence electrons. The molecule has 0 bridgehead atoms. The highest BCUT2D eigenvalue weighted by molar-refractivity contribution is 5.40. The van der Waals surface area contributed by atoms with Gasteiger partial charge in [-0.05, 0) is 43.2 Å². The van der Waals surface area contributed by atoms with Crippen molar-refractivity contribution in [1.82, 2.24) is 0 Å². The molecule has 2 nitrogen and oxygen atoms in total. The summed E-state index contributed by atoms with van der Waals surface area (Å²) in [4.78, 5) is 0. The first-order valence-corrected chi connectivity index (χ1v) is 6.76. The fraction of sp³-hybridized carbons (Fsp3) is 0.294. The second kappa shape index (κ2) is 4.91. The van der Waals surface area contributed by atoms with E-state index in [1.807, 2.05) is 26.0 Å². The molecule has 0 spiro atoms. The molecule has 2 atom stereocenters. The SMILES string of the molecule is Cc1ccc(C2CC(O)c3cc(F)ccc3O2)c(C)c1. The lowest BCUT2D eigenvalue weighted by atomic mass is 9.92. The van der Waals surface area contributed by atoms with Crippen LogP contribution in [0.4, 0.5) is 4.39 Å². The fourth-order valence-corrected chi connectivity index (χ4v) is 2.80. The van der Waals surface area contributed by atoms with Gasteiger partial charge in [-0.15, -0.1) is 0 Å². The molecule has 1 aliphatic heterocycles. The van der Waals surface area contributed by atoms with Crippen LogP contribution in [0.1, 0.15) is 40.9 Å². The normalized spacial score (nSPS) is 21.2. The molecule has 0 saturated carbocycles. The zero-order valence-corrected chi connectivity index (χ0v) is 11.6. The Labute approximate surface area is 117 Å². The van der Waals surface area contributed by atoms with Gasteiger partial charge in [0, 0.05) is 12.0 Å². The lowest BCUT2D eigenvalue weighted by molar-refractivity contribution is 0.0650. The van der Waals surface area contributed by atoms with E-state index >= 15 is 0 Å². The maximum Gasteiger partial charge on any atom is 0.127 e. The monoisotopic (exact) mass is 272 g/mol. The number of aliphatic hydroxyl groups excluding tert-OH is 1. The lowest BCUT2D eigenvalue weighted by Gasteiger charge is -2.30. The summed E-state index contributed by atoms with van der Waals surface area (Å²) in [6.07, 6.45) is -0.441. The molecular weight excluding hydrogens is 255 g/mol. The van der Waals surface area contributed by atoms with Crippen molar-refractivity contribution in [3.05, 3.63) is 64.5 Å². The third kappa shape index (κ3) is 2.29. The van der Waals surface area contributed by atoms with Gasteiger partial charge in [0.15, 0.2) is 0 Å². The van der Waals surface area contributed by atoms with Crippen LogP contribution in [-0.2, 0) is 0 Å². The molecule has 0 fully saturated rings. The van der Waals surface area contributed by atoms with Gasteiger partial charge in [0.05, 0.1) is 6.10 Å². The average Bonchev–Trinajstić information content (AvgIpc) is 2.39. The molecule has 1 aliphatic rings. The van der Waals surface area contributed by atoms with E-state index in [-0.39, 0.29) is 11.9 Å². The Hall–Kier alpha value is -1.87. The van der Waals surface area contributed by atoms with Gasteiger partial charge in [-0.2, -0.15) is 0 Å². The van der Waals surface area contributed by atoms with Crippen molar-refractivity contribution >= 4 is 0 Å². The number of ether oxygens (including phenoxy) is 1. The van der Waals surface area contributed by atoms with Crippen LogP contribution in [0.25, 0.3) is 0 Å². The van der Waals surface area contributed by atoms with E-state index < -0.39 is 6.10 Å². The summed E-state index contributed by atoms with van der Waals surface area (Å²) < 4.78 is 19.2. The molecule has 3 heteroatoms. The first kappa shape index (κ1) is 13.1. The number of rotatable bonds is 1. The minimum Gasteiger partial charge on any atom is -0.485 e. The largest absolute Gasteiger partial charge is 0.485 e. The lowest BCUT2D eigenvalue weighted by Crippen LogP contribution is -2.20. The summed E-state index contributed by atoms with van der Waals surface area (Å²) in [5.74, 6) is 0.214. The van der Waals surface area contributed by atoms with Gasteiger partial charge < -0.3 is 9.84 Å². The van der Waals surface area contributed by atoms with E-state index in [0.717, 1.165) is 11.1 Å². The number of hydrogen-bond acceptors (Lipinski definition) is 2. The summed E-state index contributed by atoms with van der Waals surface area (Å²) in [6, 6.07) is 10.5. The van der Waals surface area contributed by atoms with Gasteiger partial charge >= 0.3 is 0 Å². The second-order valence-corrected chi connectivity index (χ2v) is 5.40. The van der Waals surface area contributed by atoms with Crippen LogP contribution in [0.5, 0.6) is 5.75 Å². The van der Waals surface area contributed by atoms with Crippen LogP contribution in [-0.4, -0.2) is 5.11 Å². The van der Waals surface area contributed by atoms with Gasteiger partial charge in [-0.3, -0.25) is 0 Å². The topological polar surface area (TPSA) is 29.5 Å². The van der Waals surface area contributed by atoms with Crippen LogP contribution in [0.2, 0.25) is 0 Å². The Bertz CT molecular complexity index is 651. The minimum absolute atomic E-state index is 0.191.